The van der Waals surface area contributed by atoms with Crippen LogP contribution in [-0.2, 0) is 25.5 Å². The Bertz CT molecular complexity index is 2070. The third kappa shape index (κ3) is 6.41. The highest BCUT2D eigenvalue weighted by atomic mass is 16.6. The number of nitrogens with one attached hydrogen (secondary N) is 2. The van der Waals surface area contributed by atoms with Gasteiger partial charge in [0.05, 0.1) is 12.5 Å². The highest BCUT2D eigenvalue weighted by Crippen LogP contribution is 2.56. The summed E-state index contributed by atoms with van der Waals surface area (Å²) in [5, 5.41) is 6.96. The summed E-state index contributed by atoms with van der Waals surface area (Å²) in [6.45, 7) is 4.51. The Morgan fingerprint density at radius 3 is 2.27 bits per heavy atom. The van der Waals surface area contributed by atoms with Gasteiger partial charge < -0.3 is 20.1 Å². The van der Waals surface area contributed by atoms with Gasteiger partial charge in [0, 0.05) is 47.9 Å². The summed E-state index contributed by atoms with van der Waals surface area (Å²) in [6, 6.07) is 19.7. The molecule has 264 valence electrons. The van der Waals surface area contributed by atoms with Gasteiger partial charge in [-0.2, -0.15) is 0 Å². The van der Waals surface area contributed by atoms with E-state index >= 15 is 0 Å². The molecule has 2 heterocycles. The first kappa shape index (κ1) is 34.1. The lowest BCUT2D eigenvalue weighted by Crippen LogP contribution is -2.68. The van der Waals surface area contributed by atoms with E-state index in [-0.39, 0.29) is 58.3 Å². The number of esters is 2. The molecule has 4 aliphatic rings. The third-order valence-electron chi connectivity index (χ3n) is 10.9. The van der Waals surface area contributed by atoms with Crippen molar-refractivity contribution in [1.29, 1.82) is 0 Å². The Kier molecular flexibility index (Phi) is 8.77. The second kappa shape index (κ2) is 13.1. The van der Waals surface area contributed by atoms with Crippen LogP contribution < -0.4 is 16.1 Å². The van der Waals surface area contributed by atoms with Crippen LogP contribution in [0.25, 0.3) is 16.7 Å². The maximum absolute atomic E-state index is 13.9. The molecule has 0 saturated heterocycles. The van der Waals surface area contributed by atoms with Gasteiger partial charge in [0.25, 0.3) is 11.8 Å². The third-order valence-corrected chi connectivity index (χ3v) is 10.9. The lowest BCUT2D eigenvalue weighted by atomic mass is 9.51. The number of para-hydroxylation sites is 1. The summed E-state index contributed by atoms with van der Waals surface area (Å²) in [4.78, 5) is 70.1. The Morgan fingerprint density at radius 1 is 0.941 bits per heavy atom. The van der Waals surface area contributed by atoms with Gasteiger partial charge in [0.2, 0.25) is 0 Å². The van der Waals surface area contributed by atoms with Crippen LogP contribution in [0, 0.1) is 17.8 Å². The number of aromatic nitrogens is 2. The number of carbonyl (C=O) groups is 4. The van der Waals surface area contributed by atoms with Gasteiger partial charge >= 0.3 is 11.9 Å². The van der Waals surface area contributed by atoms with Crippen molar-refractivity contribution in [2.75, 3.05) is 7.11 Å². The van der Waals surface area contributed by atoms with Crippen molar-refractivity contribution in [2.24, 2.45) is 17.8 Å². The predicted molar refractivity (Wildman–Crippen MR) is 189 cm³/mol. The van der Waals surface area contributed by atoms with Gasteiger partial charge in [-0.1, -0.05) is 30.3 Å². The fraction of sp³-hybridized carbons (Fsp3) is 0.400. The normalized spacial score (nSPS) is 23.5. The Labute approximate surface area is 295 Å². The number of ether oxygens (including phenoxy) is 2. The number of amides is 2. The van der Waals surface area contributed by atoms with E-state index in [2.05, 4.69) is 15.6 Å². The highest BCUT2D eigenvalue weighted by Gasteiger charge is 2.57. The van der Waals surface area contributed by atoms with Crippen LogP contribution in [0.1, 0.15) is 84.8 Å². The number of methoxy groups -OCH3 is 1. The van der Waals surface area contributed by atoms with E-state index < -0.39 is 17.5 Å². The zero-order valence-electron chi connectivity index (χ0n) is 29.2. The van der Waals surface area contributed by atoms with E-state index in [1.807, 2.05) is 42.5 Å². The van der Waals surface area contributed by atoms with Gasteiger partial charge in [-0.15, -0.1) is 0 Å². The minimum atomic E-state index is -1.26. The standard InChI is InChI=1S/C40H42N4O7/c1-23(45)51-39(2,3)38(49)43-40-20-25-17-27(21-40)32(28(18-25)22-40)42-36(47)26-14-12-24(13-15-26)19-31-33(37(48)50-4)44(29-9-6-5-7-10-29)35-30(34(31)46)11-8-16-41-35/h5-16,25,27-28,32H,17-22H2,1-4H3,(H,42,47)(H,43,49)/t25?,27-,28+,32?,40?. The Hall–Kier alpha value is -5.32. The molecule has 4 saturated carbocycles. The number of hydrogen-bond donors (Lipinski definition) is 2. The molecule has 0 aliphatic heterocycles. The second-order valence-corrected chi connectivity index (χ2v) is 14.9. The molecule has 5 atom stereocenters. The average Bonchev–Trinajstić information content (AvgIpc) is 3.10. The van der Waals surface area contributed by atoms with Crippen molar-refractivity contribution in [3.05, 3.63) is 106 Å². The molecule has 0 spiro atoms. The maximum atomic E-state index is 13.9. The van der Waals surface area contributed by atoms with Crippen LogP contribution in [0.15, 0.2) is 77.7 Å². The molecule has 2 N–H and O–H groups in total. The van der Waals surface area contributed by atoms with Crippen molar-refractivity contribution < 1.29 is 28.7 Å². The van der Waals surface area contributed by atoms with Gasteiger partial charge in [0.15, 0.2) is 11.0 Å². The van der Waals surface area contributed by atoms with Crippen LogP contribution in [-0.4, -0.2) is 57.6 Å². The highest BCUT2D eigenvalue weighted by molar-refractivity contribution is 5.95. The monoisotopic (exact) mass is 690 g/mol. The fourth-order valence-corrected chi connectivity index (χ4v) is 8.99. The number of fused-ring (bicyclic) bond motifs is 1. The van der Waals surface area contributed by atoms with Crippen LogP contribution in [0.2, 0.25) is 0 Å². The zero-order valence-corrected chi connectivity index (χ0v) is 29.2. The molecule has 3 unspecified atom stereocenters. The van der Waals surface area contributed by atoms with Crippen molar-refractivity contribution >= 4 is 34.8 Å². The molecule has 4 aromatic rings. The lowest BCUT2D eigenvalue weighted by molar-refractivity contribution is -0.165. The molecular formula is C40H42N4O7. The SMILES string of the molecule is COC(=O)c1c(Cc2ccc(C(=O)NC3[C@@H]4CC5C[C@H]3CC(NC(=O)C(C)(C)OC(C)=O)(C5)C4)cc2)c(=O)c2cccnc2n1-c1ccccc1. The first-order valence-electron chi connectivity index (χ1n) is 17.5. The average molecular weight is 691 g/mol. The fourth-order valence-electron chi connectivity index (χ4n) is 8.99. The van der Waals surface area contributed by atoms with Crippen molar-refractivity contribution in [3.8, 4) is 5.69 Å². The summed E-state index contributed by atoms with van der Waals surface area (Å²) in [5.41, 5.74) is 0.707. The second-order valence-electron chi connectivity index (χ2n) is 14.9. The molecule has 4 aliphatic carbocycles. The maximum Gasteiger partial charge on any atom is 0.355 e. The van der Waals surface area contributed by atoms with E-state index in [1.165, 1.54) is 14.0 Å². The van der Waals surface area contributed by atoms with E-state index in [4.69, 9.17) is 9.47 Å². The molecule has 8 rings (SSSR count). The molecule has 0 radical (unpaired) electrons. The van der Waals surface area contributed by atoms with Gasteiger partial charge in [-0.05, 0) is 106 Å². The van der Waals surface area contributed by atoms with Crippen molar-refractivity contribution in [1.82, 2.24) is 20.2 Å². The van der Waals surface area contributed by atoms with E-state index in [0.29, 0.717) is 28.2 Å². The quantitative estimate of drug-likeness (QED) is 0.236. The number of carbonyl (C=O) groups excluding carboxylic acids is 4. The minimum absolute atomic E-state index is 0.00879. The van der Waals surface area contributed by atoms with Crippen molar-refractivity contribution in [2.45, 2.75) is 76.5 Å². The topological polar surface area (TPSA) is 146 Å². The lowest BCUT2D eigenvalue weighted by Gasteiger charge is -2.60. The Balaban J connectivity index is 1.10. The molecular weight excluding hydrogens is 648 g/mol. The van der Waals surface area contributed by atoms with Crippen LogP contribution in [0.5, 0.6) is 0 Å². The zero-order chi connectivity index (χ0) is 36.1. The summed E-state index contributed by atoms with van der Waals surface area (Å²) in [7, 11) is 1.29. The summed E-state index contributed by atoms with van der Waals surface area (Å²) in [5.74, 6) is -0.700. The largest absolute Gasteiger partial charge is 0.464 e. The predicted octanol–water partition coefficient (Wildman–Crippen LogP) is 4.90. The van der Waals surface area contributed by atoms with Gasteiger partial charge in [-0.3, -0.25) is 23.7 Å². The summed E-state index contributed by atoms with van der Waals surface area (Å²) < 4.78 is 12.1. The number of nitrogens with zero attached hydrogens (tertiary/aromatic N) is 2. The summed E-state index contributed by atoms with van der Waals surface area (Å²) >= 11 is 0. The number of rotatable bonds is 9. The van der Waals surface area contributed by atoms with E-state index in [9.17, 15) is 24.0 Å². The molecule has 11 heteroatoms. The van der Waals surface area contributed by atoms with E-state index in [1.54, 1.807) is 48.9 Å². The van der Waals surface area contributed by atoms with Gasteiger partial charge in [-0.25, -0.2) is 9.78 Å². The molecule has 2 amide bonds. The molecule has 11 nitrogen and oxygen atoms in total. The van der Waals surface area contributed by atoms with Crippen LogP contribution in [0.4, 0.5) is 0 Å². The molecule has 4 fully saturated rings. The van der Waals surface area contributed by atoms with Crippen LogP contribution >= 0.6 is 0 Å². The smallest absolute Gasteiger partial charge is 0.355 e. The van der Waals surface area contributed by atoms with Gasteiger partial charge in [0.1, 0.15) is 11.3 Å². The number of hydrogen-bond acceptors (Lipinski definition) is 8. The van der Waals surface area contributed by atoms with Crippen molar-refractivity contribution in [3.63, 3.8) is 0 Å². The molecule has 2 aromatic heterocycles. The van der Waals surface area contributed by atoms with Crippen LogP contribution in [0.3, 0.4) is 0 Å². The first-order valence-corrected chi connectivity index (χ1v) is 17.5. The molecule has 51 heavy (non-hydrogen) atoms. The molecule has 4 bridgehead atoms. The molecule has 2 aromatic carbocycles. The number of benzene rings is 2. The minimum Gasteiger partial charge on any atom is -0.464 e. The first-order chi connectivity index (χ1) is 24.4. The van der Waals surface area contributed by atoms with E-state index in [0.717, 1.165) is 37.7 Å². The number of pyridine rings is 2. The summed E-state index contributed by atoms with van der Waals surface area (Å²) in [6.07, 6.45) is 6.13. The Morgan fingerprint density at radius 2 is 1.63 bits per heavy atom.